The van der Waals surface area contributed by atoms with E-state index in [9.17, 15) is 0 Å². The summed E-state index contributed by atoms with van der Waals surface area (Å²) in [6.45, 7) is 15.8. The molecule has 3 atom stereocenters. The van der Waals surface area contributed by atoms with Gasteiger partial charge < -0.3 is 11.5 Å². The minimum Gasteiger partial charge on any atom is -0.399 e. The van der Waals surface area contributed by atoms with E-state index in [0.717, 1.165) is 71.4 Å². The molecule has 4 heteroatoms. The van der Waals surface area contributed by atoms with Gasteiger partial charge in [-0.05, 0) is 140 Å². The molecule has 6 aromatic rings. The highest BCUT2D eigenvalue weighted by molar-refractivity contribution is 6.15. The van der Waals surface area contributed by atoms with Gasteiger partial charge in [-0.1, -0.05) is 187 Å². The second kappa shape index (κ2) is 19.3. The van der Waals surface area contributed by atoms with Crippen molar-refractivity contribution < 1.29 is 0 Å². The van der Waals surface area contributed by atoms with Crippen molar-refractivity contribution in [3.05, 3.63) is 258 Å². The summed E-state index contributed by atoms with van der Waals surface area (Å²) in [7, 11) is 0. The van der Waals surface area contributed by atoms with E-state index in [0.29, 0.717) is 23.2 Å². The van der Waals surface area contributed by atoms with Crippen LogP contribution in [0.5, 0.6) is 0 Å². The first-order valence-electron chi connectivity index (χ1n) is 24.1. The third-order valence-electron chi connectivity index (χ3n) is 13.8. The van der Waals surface area contributed by atoms with Crippen molar-refractivity contribution in [3.8, 4) is 0 Å². The van der Waals surface area contributed by atoms with Crippen molar-refractivity contribution in [3.63, 3.8) is 0 Å². The van der Waals surface area contributed by atoms with Crippen LogP contribution in [0.15, 0.2) is 203 Å². The summed E-state index contributed by atoms with van der Waals surface area (Å²) in [5, 5.41) is 3.98. The van der Waals surface area contributed by atoms with E-state index < -0.39 is 5.54 Å². The Balaban J connectivity index is 1.36. The van der Waals surface area contributed by atoms with E-state index in [2.05, 4.69) is 243 Å². The molecule has 3 aliphatic heterocycles. The average Bonchev–Trinajstić information content (AvgIpc) is 3.99. The molecule has 4 N–H and O–H groups in total. The number of aliphatic imine (C=N–C) groups is 2. The molecular weight excluding hydrogens is 825 g/mol. The smallest absolute Gasteiger partial charge is 0.117 e. The molecule has 0 aliphatic carbocycles. The number of hydrogen-bond donors (Lipinski definition) is 2. The third kappa shape index (κ3) is 9.50. The molecule has 0 fully saturated rings. The Kier molecular flexibility index (Phi) is 13.0. The van der Waals surface area contributed by atoms with Gasteiger partial charge in [0.05, 0.1) is 17.1 Å². The largest absolute Gasteiger partial charge is 0.399 e. The van der Waals surface area contributed by atoms with Gasteiger partial charge >= 0.3 is 0 Å². The average molecular weight is 887 g/mol. The number of rotatable bonds is 4. The summed E-state index contributed by atoms with van der Waals surface area (Å²) < 4.78 is 0. The molecule has 338 valence electrons. The molecule has 9 rings (SSSR count). The molecule has 3 heterocycles. The number of nitrogens with two attached hydrogens (primary N) is 2. The molecule has 0 radical (unpaired) electrons. The zero-order chi connectivity index (χ0) is 47.5. The topological polar surface area (TPSA) is 76.8 Å². The maximum atomic E-state index is 7.44. The van der Waals surface area contributed by atoms with Gasteiger partial charge in [0.1, 0.15) is 5.54 Å². The van der Waals surface area contributed by atoms with E-state index in [1.54, 1.807) is 0 Å². The van der Waals surface area contributed by atoms with Crippen molar-refractivity contribution in [1.29, 1.82) is 0 Å². The van der Waals surface area contributed by atoms with Crippen LogP contribution in [0.25, 0.3) is 35.7 Å². The van der Waals surface area contributed by atoms with Crippen molar-refractivity contribution >= 4 is 47.1 Å². The number of nitrogens with zero attached hydrogens (tertiary/aromatic N) is 2. The fourth-order valence-corrected chi connectivity index (χ4v) is 9.65. The molecule has 0 saturated heterocycles. The van der Waals surface area contributed by atoms with E-state index in [-0.39, 0.29) is 11.8 Å². The van der Waals surface area contributed by atoms with Gasteiger partial charge in [-0.2, -0.15) is 0 Å². The number of hydrogen-bond acceptors (Lipinski definition) is 4. The highest BCUT2D eigenvalue weighted by atomic mass is 14.9. The molecular formula is C64H62N4. The third-order valence-corrected chi connectivity index (χ3v) is 13.8. The number of fused-ring (bicyclic) bond motifs is 6. The molecule has 4 nitrogen and oxygen atoms in total. The van der Waals surface area contributed by atoms with Crippen LogP contribution in [0, 0.1) is 0 Å². The second-order valence-electron chi connectivity index (χ2n) is 19.3. The first-order chi connectivity index (χ1) is 32.8. The number of benzene rings is 6. The Morgan fingerprint density at radius 1 is 0.529 bits per heavy atom. The van der Waals surface area contributed by atoms with Crippen LogP contribution >= 0.6 is 0 Å². The maximum absolute atomic E-state index is 7.44. The minimum absolute atomic E-state index is 0.0369. The van der Waals surface area contributed by atoms with Crippen LogP contribution in [0.1, 0.15) is 117 Å². The van der Waals surface area contributed by atoms with Crippen LogP contribution in [0.2, 0.25) is 0 Å². The lowest BCUT2D eigenvalue weighted by atomic mass is 9.83. The predicted octanol–water partition coefficient (Wildman–Crippen LogP) is 11.5. The summed E-state index contributed by atoms with van der Waals surface area (Å²) in [6.07, 6.45) is 19.7. The van der Waals surface area contributed by atoms with Crippen LogP contribution < -0.4 is 32.3 Å². The first-order valence-corrected chi connectivity index (χ1v) is 24.1. The van der Waals surface area contributed by atoms with E-state index in [1.807, 2.05) is 6.08 Å². The van der Waals surface area contributed by atoms with Gasteiger partial charge in [0.25, 0.3) is 0 Å². The van der Waals surface area contributed by atoms with E-state index >= 15 is 0 Å². The van der Waals surface area contributed by atoms with Crippen molar-refractivity contribution in [2.75, 3.05) is 0 Å². The van der Waals surface area contributed by atoms with Crippen LogP contribution in [0.4, 0.5) is 0 Å². The van der Waals surface area contributed by atoms with Gasteiger partial charge in [0, 0.05) is 33.7 Å². The summed E-state index contributed by atoms with van der Waals surface area (Å²) in [4.78, 5) is 10.9. The molecule has 0 spiro atoms. The fourth-order valence-electron chi connectivity index (χ4n) is 9.65. The Morgan fingerprint density at radius 3 is 1.56 bits per heavy atom. The summed E-state index contributed by atoms with van der Waals surface area (Å²) in [5.74, 6) is 0.600. The SMILES string of the molecule is CC(C)c1ccc2c(c1)C(C)/C(=C\c1ccccc1)C1=N\C(=C/C(N)=c3\cccc\c3=C/c3ccc(C(C)C)cc3C(C)/C(=C\c3ccccc3)C3=NC(C)(C=C3)/C(N)=c3\cccc\c3=C/2)C=C1. The normalized spacial score (nSPS) is 23.9. The molecule has 3 aliphatic rings. The van der Waals surface area contributed by atoms with Gasteiger partial charge in [-0.15, -0.1) is 0 Å². The zero-order valence-corrected chi connectivity index (χ0v) is 40.4. The summed E-state index contributed by atoms with van der Waals surface area (Å²) in [6, 6.07) is 51.8. The fraction of sp³-hybridized carbons (Fsp3) is 0.188. The van der Waals surface area contributed by atoms with Crippen LogP contribution in [0.3, 0.4) is 0 Å². The Hall–Kier alpha value is -7.56. The Labute approximate surface area is 402 Å². The van der Waals surface area contributed by atoms with Crippen molar-refractivity contribution in [2.24, 2.45) is 21.5 Å². The number of allylic oxidation sites excluding steroid dienone is 5. The molecule has 0 amide bonds. The minimum atomic E-state index is -0.800. The Bertz CT molecular complexity index is 3390. The molecule has 3 unspecified atom stereocenters. The van der Waals surface area contributed by atoms with Gasteiger partial charge in [0.2, 0.25) is 0 Å². The first kappa shape index (κ1) is 45.6. The monoisotopic (exact) mass is 886 g/mol. The van der Waals surface area contributed by atoms with Gasteiger partial charge in [0.15, 0.2) is 0 Å². The highest BCUT2D eigenvalue weighted by Crippen LogP contribution is 2.37. The van der Waals surface area contributed by atoms with Crippen LogP contribution in [-0.4, -0.2) is 17.0 Å². The Morgan fingerprint density at radius 2 is 1.01 bits per heavy atom. The second-order valence-corrected chi connectivity index (χ2v) is 19.3. The molecule has 68 heavy (non-hydrogen) atoms. The highest BCUT2D eigenvalue weighted by Gasteiger charge is 2.32. The zero-order valence-electron chi connectivity index (χ0n) is 40.4. The lowest BCUT2D eigenvalue weighted by Crippen LogP contribution is -2.38. The predicted molar refractivity (Wildman–Crippen MR) is 290 cm³/mol. The van der Waals surface area contributed by atoms with Crippen molar-refractivity contribution in [2.45, 2.75) is 77.7 Å². The van der Waals surface area contributed by atoms with Crippen LogP contribution in [-0.2, 0) is 0 Å². The lowest BCUT2D eigenvalue weighted by Gasteiger charge is -2.23. The molecule has 0 saturated carbocycles. The van der Waals surface area contributed by atoms with Crippen molar-refractivity contribution in [1.82, 2.24) is 0 Å². The maximum Gasteiger partial charge on any atom is 0.117 e. The molecule has 4 bridgehead atoms. The quantitative estimate of drug-likeness (QED) is 0.185. The molecule has 0 aromatic heterocycles. The summed E-state index contributed by atoms with van der Waals surface area (Å²) in [5.41, 5.74) is 29.5. The molecule has 6 aromatic carbocycles. The van der Waals surface area contributed by atoms with E-state index in [4.69, 9.17) is 21.5 Å². The standard InChI is InChI=1S/C64H62N4/c1-41(2)47-27-29-52-37-50-23-15-17-25-55(50)63(66)64(7)33-32-62(68-64)59(35-46-20-12-9-13-21-46)44(6)57-39-48(42(3)4)26-28-51(57)36-49-22-14-16-24-54(49)60(65)40-53-30-31-61(67-53)58(43(5)56(52)38-47)34-45-18-10-8-11-19-45/h8-44H,65-66H2,1-7H3/b49-36+,50-37+,53-40-,58-34+,59-35+,60-54-,63-55-. The van der Waals surface area contributed by atoms with E-state index in [1.165, 1.54) is 22.3 Å². The van der Waals surface area contributed by atoms with Gasteiger partial charge in [-0.3, -0.25) is 4.99 Å². The summed E-state index contributed by atoms with van der Waals surface area (Å²) >= 11 is 0. The lowest BCUT2D eigenvalue weighted by molar-refractivity contribution is 0.754. The van der Waals surface area contributed by atoms with Gasteiger partial charge in [-0.25, -0.2) is 4.99 Å².